The van der Waals surface area contributed by atoms with E-state index in [1.165, 1.54) is 39.2 Å². The molecule has 0 saturated carbocycles. The Bertz CT molecular complexity index is 953. The lowest BCUT2D eigenvalue weighted by molar-refractivity contribution is 0.276. The van der Waals surface area contributed by atoms with Crippen molar-refractivity contribution in [2.75, 3.05) is 0 Å². The van der Waals surface area contributed by atoms with Crippen LogP contribution in [-0.4, -0.2) is 9.78 Å². The van der Waals surface area contributed by atoms with Gasteiger partial charge in [-0.3, -0.25) is 0 Å². The first kappa shape index (κ1) is 16.1. The molecular formula is C23H26N2. The molecule has 2 heterocycles. The molecule has 0 fully saturated rings. The van der Waals surface area contributed by atoms with Gasteiger partial charge in [0.15, 0.2) is 0 Å². The number of aromatic nitrogens is 2. The second kappa shape index (κ2) is 5.08. The summed E-state index contributed by atoms with van der Waals surface area (Å²) >= 11 is 0. The van der Waals surface area contributed by atoms with E-state index < -0.39 is 0 Å². The summed E-state index contributed by atoms with van der Waals surface area (Å²) in [5.74, 6) is 0. The highest BCUT2D eigenvalue weighted by Crippen LogP contribution is 2.52. The number of nitrogens with zero attached hydrogens (tertiary/aromatic N) is 2. The lowest BCUT2D eigenvalue weighted by atomic mass is 9.59. The van der Waals surface area contributed by atoms with Crippen LogP contribution in [0.3, 0.4) is 0 Å². The number of hydrogen-bond donors (Lipinski definition) is 0. The number of para-hydroxylation sites is 1. The van der Waals surface area contributed by atoms with Gasteiger partial charge in [-0.2, -0.15) is 5.10 Å². The van der Waals surface area contributed by atoms with Gasteiger partial charge in [0.05, 0.1) is 17.6 Å². The Morgan fingerprint density at radius 2 is 1.44 bits per heavy atom. The van der Waals surface area contributed by atoms with Crippen LogP contribution < -0.4 is 0 Å². The highest BCUT2D eigenvalue weighted by Gasteiger charge is 2.48. The van der Waals surface area contributed by atoms with Gasteiger partial charge in [0.1, 0.15) is 0 Å². The fourth-order valence-corrected chi connectivity index (χ4v) is 4.37. The lowest BCUT2D eigenvalue weighted by Gasteiger charge is -2.47. The maximum absolute atomic E-state index is 4.83. The predicted octanol–water partition coefficient (Wildman–Crippen LogP) is 5.72. The van der Waals surface area contributed by atoms with E-state index in [4.69, 9.17) is 5.10 Å². The van der Waals surface area contributed by atoms with Crippen LogP contribution in [0.4, 0.5) is 0 Å². The molecule has 1 aliphatic heterocycles. The van der Waals surface area contributed by atoms with E-state index in [1.54, 1.807) is 0 Å². The molecule has 0 radical (unpaired) electrons. The van der Waals surface area contributed by atoms with Crippen LogP contribution in [0.2, 0.25) is 0 Å². The number of aryl methyl sites for hydroxylation is 2. The smallest absolute Gasteiger partial charge is 0.0687 e. The molecule has 0 unspecified atom stereocenters. The average molecular weight is 330 g/mol. The second-order valence-electron chi connectivity index (χ2n) is 8.35. The van der Waals surface area contributed by atoms with Gasteiger partial charge < -0.3 is 0 Å². The van der Waals surface area contributed by atoms with E-state index >= 15 is 0 Å². The molecule has 25 heavy (non-hydrogen) atoms. The average Bonchev–Trinajstić information content (AvgIpc) is 2.99. The summed E-state index contributed by atoms with van der Waals surface area (Å²) < 4.78 is 2.17. The molecule has 0 amide bonds. The summed E-state index contributed by atoms with van der Waals surface area (Å²) in [6, 6.07) is 15.2. The molecule has 0 aliphatic carbocycles. The Morgan fingerprint density at radius 3 is 2.12 bits per heavy atom. The first-order valence-electron chi connectivity index (χ1n) is 9.02. The maximum Gasteiger partial charge on any atom is 0.0687 e. The molecule has 1 aliphatic rings. The summed E-state index contributed by atoms with van der Waals surface area (Å²) in [5, 5.41) is 4.83. The molecule has 4 rings (SSSR count). The molecule has 2 aromatic carbocycles. The Morgan fingerprint density at radius 1 is 0.800 bits per heavy atom. The normalized spacial score (nSPS) is 17.0. The second-order valence-corrected chi connectivity index (χ2v) is 8.35. The van der Waals surface area contributed by atoms with E-state index in [1.807, 2.05) is 0 Å². The molecule has 0 N–H and O–H groups in total. The van der Waals surface area contributed by atoms with Crippen molar-refractivity contribution in [3.05, 3.63) is 71.0 Å². The number of hydrogen-bond acceptors (Lipinski definition) is 1. The Balaban J connectivity index is 2.10. The van der Waals surface area contributed by atoms with Crippen LogP contribution in [0.1, 0.15) is 50.1 Å². The number of rotatable bonds is 1. The Labute approximate surface area is 150 Å². The van der Waals surface area contributed by atoms with Crippen LogP contribution in [0.15, 0.2) is 48.7 Å². The Kier molecular flexibility index (Phi) is 3.28. The van der Waals surface area contributed by atoms with Crippen LogP contribution >= 0.6 is 0 Å². The molecular weight excluding hydrogens is 304 g/mol. The van der Waals surface area contributed by atoms with Gasteiger partial charge in [-0.1, -0.05) is 64.1 Å². The minimum atomic E-state index is -0.0398. The highest BCUT2D eigenvalue weighted by atomic mass is 15.3. The standard InChI is InChI=1S/C23H26N2/c1-15-10-9-11-16(2)20(15)17-14-24-25-19-13-8-7-12-18(19)22(3,4)23(5,6)21(17)25/h7-14H,1-6H3. The Hall–Kier alpha value is -2.35. The SMILES string of the molecule is Cc1cccc(C)c1-c1cnn2c1C(C)(C)C(C)(C)c1ccccc1-2. The van der Waals surface area contributed by atoms with Crippen molar-refractivity contribution in [3.63, 3.8) is 0 Å². The van der Waals surface area contributed by atoms with Crippen LogP contribution in [0.25, 0.3) is 16.8 Å². The highest BCUT2D eigenvalue weighted by molar-refractivity contribution is 5.75. The minimum absolute atomic E-state index is 0.0188. The van der Waals surface area contributed by atoms with Gasteiger partial charge >= 0.3 is 0 Å². The summed E-state index contributed by atoms with van der Waals surface area (Å²) in [4.78, 5) is 0. The molecule has 0 saturated heterocycles. The molecule has 3 aromatic rings. The fourth-order valence-electron chi connectivity index (χ4n) is 4.37. The van der Waals surface area contributed by atoms with Crippen molar-refractivity contribution in [2.45, 2.75) is 52.4 Å². The largest absolute Gasteiger partial charge is 0.236 e. The third-order valence-corrected chi connectivity index (χ3v) is 6.48. The fraction of sp³-hybridized carbons (Fsp3) is 0.348. The minimum Gasteiger partial charge on any atom is -0.236 e. The molecule has 1 aromatic heterocycles. The summed E-state index contributed by atoms with van der Waals surface area (Å²) in [6.45, 7) is 13.8. The molecule has 0 bridgehead atoms. The maximum atomic E-state index is 4.83. The first-order chi connectivity index (χ1) is 11.8. The summed E-state index contributed by atoms with van der Waals surface area (Å²) in [5.41, 5.74) is 9.07. The van der Waals surface area contributed by atoms with Crippen LogP contribution in [-0.2, 0) is 10.8 Å². The predicted molar refractivity (Wildman–Crippen MR) is 105 cm³/mol. The zero-order valence-corrected chi connectivity index (χ0v) is 16.0. The number of benzene rings is 2. The van der Waals surface area contributed by atoms with Crippen molar-refractivity contribution in [1.29, 1.82) is 0 Å². The topological polar surface area (TPSA) is 17.8 Å². The van der Waals surface area contributed by atoms with E-state index in [9.17, 15) is 0 Å². The molecule has 2 heteroatoms. The lowest BCUT2D eigenvalue weighted by Crippen LogP contribution is -2.46. The van der Waals surface area contributed by atoms with Gasteiger partial charge in [0.2, 0.25) is 0 Å². The van der Waals surface area contributed by atoms with E-state index in [0.717, 1.165) is 0 Å². The van der Waals surface area contributed by atoms with Crippen LogP contribution in [0, 0.1) is 13.8 Å². The number of fused-ring (bicyclic) bond motifs is 3. The quantitative estimate of drug-likeness (QED) is 0.557. The third kappa shape index (κ3) is 2.00. The summed E-state index contributed by atoms with van der Waals surface area (Å²) in [6.07, 6.45) is 2.06. The van der Waals surface area contributed by atoms with E-state index in [-0.39, 0.29) is 10.8 Å². The molecule has 0 atom stereocenters. The van der Waals surface area contributed by atoms with Crippen molar-refractivity contribution < 1.29 is 0 Å². The van der Waals surface area contributed by atoms with Crippen molar-refractivity contribution in [1.82, 2.24) is 9.78 Å². The molecule has 2 nitrogen and oxygen atoms in total. The van der Waals surface area contributed by atoms with Crippen molar-refractivity contribution >= 4 is 0 Å². The summed E-state index contributed by atoms with van der Waals surface area (Å²) in [7, 11) is 0. The monoisotopic (exact) mass is 330 g/mol. The van der Waals surface area contributed by atoms with Gasteiger partial charge in [0, 0.05) is 16.4 Å². The van der Waals surface area contributed by atoms with Crippen molar-refractivity contribution in [3.8, 4) is 16.8 Å². The van der Waals surface area contributed by atoms with Crippen LogP contribution in [0.5, 0.6) is 0 Å². The van der Waals surface area contributed by atoms with Gasteiger partial charge in [0.25, 0.3) is 0 Å². The van der Waals surface area contributed by atoms with Gasteiger partial charge in [-0.25, -0.2) is 4.68 Å². The zero-order valence-electron chi connectivity index (χ0n) is 16.0. The van der Waals surface area contributed by atoms with Gasteiger partial charge in [-0.05, 0) is 42.2 Å². The zero-order chi connectivity index (χ0) is 18.0. The molecule has 0 spiro atoms. The van der Waals surface area contributed by atoms with E-state index in [0.29, 0.717) is 0 Å². The van der Waals surface area contributed by atoms with Crippen molar-refractivity contribution in [2.24, 2.45) is 0 Å². The third-order valence-electron chi connectivity index (χ3n) is 6.48. The first-order valence-corrected chi connectivity index (χ1v) is 9.02. The molecule has 128 valence electrons. The van der Waals surface area contributed by atoms with Gasteiger partial charge in [-0.15, -0.1) is 0 Å². The van der Waals surface area contributed by atoms with E-state index in [2.05, 4.69) is 94.9 Å².